The molecule has 0 fully saturated rings. The largest absolute Gasteiger partial charge is 0.494 e. The third kappa shape index (κ3) is 5.77. The zero-order valence-corrected chi connectivity index (χ0v) is 17.4. The standard InChI is InChI=1S/C25H27NO4/c1-3-28-20-14-15-24(29-4-2)22(18-20)26-25(27)16-17-30-23-13-9-8-12-21(23)19-10-6-5-7-11-19/h5-15,18H,3-4,16-17H2,1-2H3,(H,26,27). The van der Waals surface area contributed by atoms with E-state index in [-0.39, 0.29) is 18.9 Å². The maximum Gasteiger partial charge on any atom is 0.227 e. The van der Waals surface area contributed by atoms with Crippen molar-refractivity contribution >= 4 is 11.6 Å². The number of para-hydroxylation sites is 1. The van der Waals surface area contributed by atoms with Gasteiger partial charge in [-0.15, -0.1) is 0 Å². The maximum atomic E-state index is 12.5. The normalized spacial score (nSPS) is 10.3. The summed E-state index contributed by atoms with van der Waals surface area (Å²) < 4.78 is 17.1. The summed E-state index contributed by atoms with van der Waals surface area (Å²) in [6, 6.07) is 23.3. The summed E-state index contributed by atoms with van der Waals surface area (Å²) >= 11 is 0. The van der Waals surface area contributed by atoms with Gasteiger partial charge >= 0.3 is 0 Å². The number of carbonyl (C=O) groups excluding carboxylic acids is 1. The molecule has 0 aliphatic rings. The lowest BCUT2D eigenvalue weighted by Crippen LogP contribution is -2.16. The number of hydrogen-bond donors (Lipinski definition) is 1. The molecule has 1 N–H and O–H groups in total. The Morgan fingerprint density at radius 3 is 2.30 bits per heavy atom. The lowest BCUT2D eigenvalue weighted by molar-refractivity contribution is -0.116. The van der Waals surface area contributed by atoms with Gasteiger partial charge in [-0.25, -0.2) is 0 Å². The molecule has 3 rings (SSSR count). The summed E-state index contributed by atoms with van der Waals surface area (Å²) in [4.78, 5) is 12.5. The molecular formula is C25H27NO4. The third-order valence-corrected chi connectivity index (χ3v) is 4.39. The van der Waals surface area contributed by atoms with Gasteiger partial charge in [0.05, 0.1) is 31.9 Å². The minimum atomic E-state index is -0.151. The lowest BCUT2D eigenvalue weighted by atomic mass is 10.1. The molecule has 0 aliphatic heterocycles. The molecule has 156 valence electrons. The van der Waals surface area contributed by atoms with Crippen molar-refractivity contribution in [3.63, 3.8) is 0 Å². The van der Waals surface area contributed by atoms with E-state index in [1.165, 1.54) is 0 Å². The zero-order valence-electron chi connectivity index (χ0n) is 17.4. The van der Waals surface area contributed by atoms with Crippen LogP contribution in [0.3, 0.4) is 0 Å². The Balaban J connectivity index is 1.62. The van der Waals surface area contributed by atoms with Crippen molar-refractivity contribution < 1.29 is 19.0 Å². The van der Waals surface area contributed by atoms with Crippen LogP contribution in [0.25, 0.3) is 11.1 Å². The van der Waals surface area contributed by atoms with E-state index in [9.17, 15) is 4.79 Å². The molecule has 5 heteroatoms. The molecular weight excluding hydrogens is 378 g/mol. The first-order chi connectivity index (χ1) is 14.7. The zero-order chi connectivity index (χ0) is 21.2. The van der Waals surface area contributed by atoms with Gasteiger partial charge < -0.3 is 19.5 Å². The minimum absolute atomic E-state index is 0.151. The average Bonchev–Trinajstić information content (AvgIpc) is 2.77. The van der Waals surface area contributed by atoms with Crippen LogP contribution in [0, 0.1) is 0 Å². The van der Waals surface area contributed by atoms with E-state index >= 15 is 0 Å². The summed E-state index contributed by atoms with van der Waals surface area (Å²) in [5.74, 6) is 1.90. The van der Waals surface area contributed by atoms with Crippen LogP contribution in [0.2, 0.25) is 0 Å². The summed E-state index contributed by atoms with van der Waals surface area (Å²) in [7, 11) is 0. The Morgan fingerprint density at radius 1 is 0.800 bits per heavy atom. The van der Waals surface area contributed by atoms with Crippen molar-refractivity contribution in [1.29, 1.82) is 0 Å². The Kier molecular flexibility index (Phi) is 7.72. The van der Waals surface area contributed by atoms with E-state index < -0.39 is 0 Å². The maximum absolute atomic E-state index is 12.5. The molecule has 0 aromatic heterocycles. The van der Waals surface area contributed by atoms with Gasteiger partial charge in [-0.1, -0.05) is 48.5 Å². The van der Waals surface area contributed by atoms with E-state index in [1.54, 1.807) is 12.1 Å². The van der Waals surface area contributed by atoms with Gasteiger partial charge in [0.2, 0.25) is 5.91 Å². The van der Waals surface area contributed by atoms with Gasteiger partial charge in [0.25, 0.3) is 0 Å². The van der Waals surface area contributed by atoms with Gasteiger partial charge in [-0.3, -0.25) is 4.79 Å². The van der Waals surface area contributed by atoms with Crippen molar-refractivity contribution in [2.75, 3.05) is 25.1 Å². The molecule has 0 heterocycles. The highest BCUT2D eigenvalue weighted by Crippen LogP contribution is 2.31. The topological polar surface area (TPSA) is 56.8 Å². The smallest absolute Gasteiger partial charge is 0.227 e. The molecule has 0 saturated carbocycles. The molecule has 0 aliphatic carbocycles. The van der Waals surface area contributed by atoms with Crippen molar-refractivity contribution in [2.24, 2.45) is 0 Å². The number of rotatable bonds is 10. The van der Waals surface area contributed by atoms with E-state index in [2.05, 4.69) is 5.32 Å². The number of anilines is 1. The molecule has 0 bridgehead atoms. The van der Waals surface area contributed by atoms with Gasteiger partial charge in [0.1, 0.15) is 17.2 Å². The highest BCUT2D eigenvalue weighted by molar-refractivity contribution is 5.92. The first kappa shape index (κ1) is 21.2. The summed E-state index contributed by atoms with van der Waals surface area (Å²) in [6.07, 6.45) is 0.216. The number of benzene rings is 3. The molecule has 30 heavy (non-hydrogen) atoms. The van der Waals surface area contributed by atoms with E-state index in [0.29, 0.717) is 30.4 Å². The van der Waals surface area contributed by atoms with Crippen LogP contribution in [-0.2, 0) is 4.79 Å². The molecule has 0 radical (unpaired) electrons. The second-order valence-corrected chi connectivity index (χ2v) is 6.53. The summed E-state index contributed by atoms with van der Waals surface area (Å²) in [6.45, 7) is 5.15. The van der Waals surface area contributed by atoms with E-state index in [4.69, 9.17) is 14.2 Å². The van der Waals surface area contributed by atoms with Crippen LogP contribution in [0.5, 0.6) is 17.2 Å². The third-order valence-electron chi connectivity index (χ3n) is 4.39. The second-order valence-electron chi connectivity index (χ2n) is 6.53. The lowest BCUT2D eigenvalue weighted by Gasteiger charge is -2.14. The van der Waals surface area contributed by atoms with E-state index in [0.717, 1.165) is 16.9 Å². The Labute approximate surface area is 177 Å². The Morgan fingerprint density at radius 2 is 1.53 bits per heavy atom. The fraction of sp³-hybridized carbons (Fsp3) is 0.240. The van der Waals surface area contributed by atoms with Crippen molar-refractivity contribution in [1.82, 2.24) is 0 Å². The fourth-order valence-corrected chi connectivity index (χ4v) is 3.06. The van der Waals surface area contributed by atoms with Crippen LogP contribution in [-0.4, -0.2) is 25.7 Å². The number of carbonyl (C=O) groups is 1. The highest BCUT2D eigenvalue weighted by atomic mass is 16.5. The Bertz CT molecular complexity index is 956. The first-order valence-corrected chi connectivity index (χ1v) is 10.2. The monoisotopic (exact) mass is 405 g/mol. The van der Waals surface area contributed by atoms with Crippen LogP contribution in [0.4, 0.5) is 5.69 Å². The first-order valence-electron chi connectivity index (χ1n) is 10.2. The molecule has 3 aromatic rings. The molecule has 0 atom stereocenters. The van der Waals surface area contributed by atoms with Gasteiger partial charge in [0.15, 0.2) is 0 Å². The van der Waals surface area contributed by atoms with Crippen LogP contribution < -0.4 is 19.5 Å². The summed E-state index contributed by atoms with van der Waals surface area (Å²) in [5, 5.41) is 2.90. The van der Waals surface area contributed by atoms with Crippen molar-refractivity contribution in [3.05, 3.63) is 72.8 Å². The predicted molar refractivity (Wildman–Crippen MR) is 119 cm³/mol. The highest BCUT2D eigenvalue weighted by Gasteiger charge is 2.11. The average molecular weight is 405 g/mol. The molecule has 3 aromatic carbocycles. The number of amides is 1. The molecule has 0 saturated heterocycles. The molecule has 0 spiro atoms. The predicted octanol–water partition coefficient (Wildman–Crippen LogP) is 5.56. The SMILES string of the molecule is CCOc1ccc(OCC)c(NC(=O)CCOc2ccccc2-c2ccccc2)c1. The van der Waals surface area contributed by atoms with Gasteiger partial charge in [-0.05, 0) is 37.6 Å². The van der Waals surface area contributed by atoms with Gasteiger partial charge in [-0.2, -0.15) is 0 Å². The van der Waals surface area contributed by atoms with Crippen molar-refractivity contribution in [3.8, 4) is 28.4 Å². The Hall–Kier alpha value is -3.47. The summed E-state index contributed by atoms with van der Waals surface area (Å²) in [5.41, 5.74) is 2.67. The van der Waals surface area contributed by atoms with Gasteiger partial charge in [0, 0.05) is 11.6 Å². The molecule has 0 unspecified atom stereocenters. The number of hydrogen-bond acceptors (Lipinski definition) is 4. The van der Waals surface area contributed by atoms with Crippen LogP contribution in [0.15, 0.2) is 72.8 Å². The molecule has 1 amide bonds. The van der Waals surface area contributed by atoms with Crippen LogP contribution >= 0.6 is 0 Å². The van der Waals surface area contributed by atoms with E-state index in [1.807, 2.05) is 74.5 Å². The number of nitrogens with one attached hydrogen (secondary N) is 1. The molecule has 5 nitrogen and oxygen atoms in total. The fourth-order valence-electron chi connectivity index (χ4n) is 3.06. The second kappa shape index (κ2) is 10.9. The minimum Gasteiger partial charge on any atom is -0.494 e. The van der Waals surface area contributed by atoms with Crippen molar-refractivity contribution in [2.45, 2.75) is 20.3 Å². The quantitative estimate of drug-likeness (QED) is 0.480. The van der Waals surface area contributed by atoms with Crippen LogP contribution in [0.1, 0.15) is 20.3 Å². The number of ether oxygens (including phenoxy) is 3.